The summed E-state index contributed by atoms with van der Waals surface area (Å²) in [7, 11) is 0. The molecule has 1 unspecified atom stereocenters. The van der Waals surface area contributed by atoms with Crippen LogP contribution in [0.15, 0.2) is 10.7 Å². The molecule has 1 aromatic rings. The van der Waals surface area contributed by atoms with E-state index in [0.717, 1.165) is 32.3 Å². The second-order valence-corrected chi connectivity index (χ2v) is 6.63. The van der Waals surface area contributed by atoms with Crippen LogP contribution >= 0.6 is 15.9 Å². The van der Waals surface area contributed by atoms with E-state index in [1.54, 1.807) is 10.9 Å². The highest BCUT2D eigenvalue weighted by atomic mass is 79.9. The number of halogens is 1. The second kappa shape index (κ2) is 5.44. The Morgan fingerprint density at radius 1 is 1.45 bits per heavy atom. The van der Waals surface area contributed by atoms with Crippen LogP contribution in [0.1, 0.15) is 51.0 Å². The minimum atomic E-state index is -0.448. The van der Waals surface area contributed by atoms with Crippen LogP contribution in [0.2, 0.25) is 0 Å². The summed E-state index contributed by atoms with van der Waals surface area (Å²) in [6, 6.07) is 0.201. The van der Waals surface area contributed by atoms with Crippen LogP contribution in [-0.4, -0.2) is 26.9 Å². The van der Waals surface area contributed by atoms with Crippen LogP contribution in [0.3, 0.4) is 0 Å². The van der Waals surface area contributed by atoms with Crippen molar-refractivity contribution in [3.05, 3.63) is 20.8 Å². The molecule has 7 heteroatoms. The number of aromatic nitrogens is 2. The molecule has 110 valence electrons. The molecule has 0 radical (unpaired) electrons. The van der Waals surface area contributed by atoms with Gasteiger partial charge in [-0.15, -0.1) is 0 Å². The molecule has 0 aromatic carbocycles. The molecule has 1 aliphatic heterocycles. The minimum absolute atomic E-state index is 0.0195. The van der Waals surface area contributed by atoms with E-state index in [-0.39, 0.29) is 17.5 Å². The molecule has 2 heterocycles. The summed E-state index contributed by atoms with van der Waals surface area (Å²) in [5.41, 5.74) is -0.0195. The fourth-order valence-electron chi connectivity index (χ4n) is 3.44. The summed E-state index contributed by atoms with van der Waals surface area (Å²) in [5.74, 6) is -0.103. The van der Waals surface area contributed by atoms with Crippen molar-refractivity contribution in [2.24, 2.45) is 0 Å². The van der Waals surface area contributed by atoms with Gasteiger partial charge in [-0.2, -0.15) is 4.68 Å². The molecule has 0 N–H and O–H groups in total. The molecular formula is C13H18BrN3O3. The number of nitro groups is 1. The lowest BCUT2D eigenvalue weighted by Gasteiger charge is -2.42. The molecule has 6 nitrogen and oxygen atoms in total. The summed E-state index contributed by atoms with van der Waals surface area (Å²) in [6.45, 7) is 0.718. The maximum absolute atomic E-state index is 10.9. The van der Waals surface area contributed by atoms with E-state index in [1.807, 2.05) is 0 Å². The van der Waals surface area contributed by atoms with Crippen LogP contribution in [0.5, 0.6) is 0 Å². The molecule has 2 aliphatic rings. The second-order valence-electron chi connectivity index (χ2n) is 5.78. The highest BCUT2D eigenvalue weighted by molar-refractivity contribution is 9.10. The van der Waals surface area contributed by atoms with Crippen LogP contribution < -0.4 is 0 Å². The van der Waals surface area contributed by atoms with E-state index in [2.05, 4.69) is 21.0 Å². The van der Waals surface area contributed by atoms with Gasteiger partial charge in [0.1, 0.15) is 4.47 Å². The lowest BCUT2D eigenvalue weighted by molar-refractivity contribution is -0.390. The third-order valence-electron chi connectivity index (χ3n) is 4.45. The van der Waals surface area contributed by atoms with Gasteiger partial charge < -0.3 is 14.9 Å². The lowest BCUT2D eigenvalue weighted by atomic mass is 9.78. The van der Waals surface area contributed by atoms with Crippen LogP contribution in [0.25, 0.3) is 0 Å². The van der Waals surface area contributed by atoms with Gasteiger partial charge in [0.05, 0.1) is 22.9 Å². The van der Waals surface area contributed by atoms with E-state index in [9.17, 15) is 10.1 Å². The number of hydrogen-bond acceptors (Lipinski definition) is 4. The monoisotopic (exact) mass is 343 g/mol. The Bertz CT molecular complexity index is 505. The fourth-order valence-corrected chi connectivity index (χ4v) is 3.88. The van der Waals surface area contributed by atoms with Gasteiger partial charge in [0.2, 0.25) is 0 Å². The van der Waals surface area contributed by atoms with E-state index in [0.29, 0.717) is 4.47 Å². The first-order chi connectivity index (χ1) is 9.60. The van der Waals surface area contributed by atoms with Gasteiger partial charge >= 0.3 is 5.82 Å². The number of ether oxygens (including phenoxy) is 1. The topological polar surface area (TPSA) is 70.2 Å². The summed E-state index contributed by atoms with van der Waals surface area (Å²) < 4.78 is 8.26. The summed E-state index contributed by atoms with van der Waals surface area (Å²) in [4.78, 5) is 10.4. The van der Waals surface area contributed by atoms with Gasteiger partial charge in [0.25, 0.3) is 0 Å². The van der Waals surface area contributed by atoms with Crippen LogP contribution in [-0.2, 0) is 4.74 Å². The average Bonchev–Trinajstić information content (AvgIpc) is 2.82. The zero-order chi connectivity index (χ0) is 14.2. The molecule has 1 atom stereocenters. The van der Waals surface area contributed by atoms with Gasteiger partial charge in [-0.25, -0.2) is 0 Å². The molecule has 2 fully saturated rings. The van der Waals surface area contributed by atoms with E-state index in [1.165, 1.54) is 19.3 Å². The van der Waals surface area contributed by atoms with Crippen molar-refractivity contribution in [1.82, 2.24) is 9.78 Å². The van der Waals surface area contributed by atoms with Crippen LogP contribution in [0.4, 0.5) is 5.82 Å². The van der Waals surface area contributed by atoms with E-state index < -0.39 is 4.92 Å². The Kier molecular flexibility index (Phi) is 3.81. The lowest BCUT2D eigenvalue weighted by Crippen LogP contribution is -2.42. The molecule has 1 aliphatic carbocycles. The third kappa shape index (κ3) is 2.61. The SMILES string of the molecule is O=[N+]([O-])c1nn(C2CCOC3(CCCCC3)C2)cc1Br. The van der Waals surface area contributed by atoms with Crippen molar-refractivity contribution in [2.45, 2.75) is 56.6 Å². The Hall–Kier alpha value is -0.950. The number of rotatable bonds is 2. The molecule has 1 saturated heterocycles. The van der Waals surface area contributed by atoms with Crippen molar-refractivity contribution in [3.8, 4) is 0 Å². The van der Waals surface area contributed by atoms with Gasteiger partial charge in [0.15, 0.2) is 0 Å². The zero-order valence-corrected chi connectivity index (χ0v) is 12.8. The Morgan fingerprint density at radius 3 is 2.85 bits per heavy atom. The van der Waals surface area contributed by atoms with Crippen molar-refractivity contribution in [1.29, 1.82) is 0 Å². The largest absolute Gasteiger partial charge is 0.404 e. The number of nitrogens with zero attached hydrogens (tertiary/aromatic N) is 3. The zero-order valence-electron chi connectivity index (χ0n) is 11.3. The summed E-state index contributed by atoms with van der Waals surface area (Å²) in [5, 5.41) is 15.0. The predicted molar refractivity (Wildman–Crippen MR) is 76.6 cm³/mol. The molecule has 1 spiro atoms. The normalized spacial score (nSPS) is 25.8. The first kappa shape index (κ1) is 14.0. The molecule has 1 saturated carbocycles. The molecular weight excluding hydrogens is 326 g/mol. The van der Waals surface area contributed by atoms with Gasteiger partial charge in [-0.05, 0) is 40.1 Å². The highest BCUT2D eigenvalue weighted by Gasteiger charge is 2.40. The highest BCUT2D eigenvalue weighted by Crippen LogP contribution is 2.42. The maximum atomic E-state index is 10.9. The van der Waals surface area contributed by atoms with Crippen molar-refractivity contribution >= 4 is 21.7 Å². The first-order valence-corrected chi connectivity index (χ1v) is 7.92. The van der Waals surface area contributed by atoms with E-state index >= 15 is 0 Å². The van der Waals surface area contributed by atoms with Gasteiger partial charge in [-0.3, -0.25) is 0 Å². The van der Waals surface area contributed by atoms with Crippen molar-refractivity contribution in [3.63, 3.8) is 0 Å². The molecule has 3 rings (SSSR count). The van der Waals surface area contributed by atoms with Crippen LogP contribution in [0, 0.1) is 10.1 Å². The van der Waals surface area contributed by atoms with Crippen molar-refractivity contribution < 1.29 is 9.66 Å². The summed E-state index contributed by atoms with van der Waals surface area (Å²) in [6.07, 6.45) is 9.44. The van der Waals surface area contributed by atoms with Crippen molar-refractivity contribution in [2.75, 3.05) is 6.61 Å². The molecule has 20 heavy (non-hydrogen) atoms. The molecule has 0 bridgehead atoms. The summed E-state index contributed by atoms with van der Waals surface area (Å²) >= 11 is 3.22. The predicted octanol–water partition coefficient (Wildman–Crippen LogP) is 3.61. The van der Waals surface area contributed by atoms with E-state index in [4.69, 9.17) is 4.74 Å². The third-order valence-corrected chi connectivity index (χ3v) is 5.01. The number of hydrogen-bond donors (Lipinski definition) is 0. The maximum Gasteiger partial charge on any atom is 0.404 e. The first-order valence-electron chi connectivity index (χ1n) is 7.13. The standard InChI is InChI=1S/C13H18BrN3O3/c14-11-9-16(15-12(11)17(18)19)10-4-7-20-13(8-10)5-2-1-3-6-13/h9-10H,1-8H2. The quantitative estimate of drug-likeness (QED) is 0.607. The van der Waals surface area contributed by atoms with Gasteiger partial charge in [0, 0.05) is 13.0 Å². The Morgan fingerprint density at radius 2 is 2.20 bits per heavy atom. The Balaban J connectivity index is 1.79. The fraction of sp³-hybridized carbons (Fsp3) is 0.769. The Labute approximate surface area is 125 Å². The van der Waals surface area contributed by atoms with Gasteiger partial charge in [-0.1, -0.05) is 19.3 Å². The molecule has 0 amide bonds. The smallest absolute Gasteiger partial charge is 0.375 e. The average molecular weight is 344 g/mol. The minimum Gasteiger partial charge on any atom is -0.375 e. The molecule has 1 aromatic heterocycles.